The van der Waals surface area contributed by atoms with E-state index < -0.39 is 0 Å². The van der Waals surface area contributed by atoms with Gasteiger partial charge >= 0.3 is 5.69 Å². The molecule has 0 aliphatic carbocycles. The molecule has 3 aromatic heterocycles. The van der Waals surface area contributed by atoms with Crippen molar-refractivity contribution >= 4 is 33.3 Å². The van der Waals surface area contributed by atoms with Gasteiger partial charge in [0.25, 0.3) is 11.1 Å². The van der Waals surface area contributed by atoms with Crippen molar-refractivity contribution in [3.8, 4) is 0 Å². The van der Waals surface area contributed by atoms with Crippen molar-refractivity contribution in [2.45, 2.75) is 10.9 Å². The van der Waals surface area contributed by atoms with Crippen LogP contribution in [0.15, 0.2) is 37.1 Å². The van der Waals surface area contributed by atoms with Gasteiger partial charge in [0.2, 0.25) is 0 Å². The molecule has 3 aromatic rings. The molecule has 0 saturated heterocycles. The summed E-state index contributed by atoms with van der Waals surface area (Å²) >= 11 is 2.68. The quantitative estimate of drug-likeness (QED) is 0.513. The molecule has 7 nitrogen and oxygen atoms in total. The van der Waals surface area contributed by atoms with E-state index in [2.05, 4.69) is 4.98 Å². The number of nitrogens with zero attached hydrogens (tertiary/aromatic N) is 4. The van der Waals surface area contributed by atoms with Gasteiger partial charge in [-0.05, 0) is 11.4 Å². The number of thiophene rings is 1. The highest BCUT2D eigenvalue weighted by Crippen LogP contribution is 2.22. The van der Waals surface area contributed by atoms with Crippen LogP contribution in [0, 0.1) is 0 Å². The molecule has 0 N–H and O–H groups in total. The van der Waals surface area contributed by atoms with Crippen molar-refractivity contribution in [1.82, 2.24) is 18.7 Å². The Labute approximate surface area is 138 Å². The monoisotopic (exact) mass is 350 g/mol. The van der Waals surface area contributed by atoms with Gasteiger partial charge in [0.1, 0.15) is 4.70 Å². The van der Waals surface area contributed by atoms with Crippen LogP contribution in [0.2, 0.25) is 0 Å². The van der Waals surface area contributed by atoms with Crippen LogP contribution in [0.1, 0.15) is 5.69 Å². The van der Waals surface area contributed by atoms with E-state index in [4.69, 9.17) is 0 Å². The van der Waals surface area contributed by atoms with Crippen molar-refractivity contribution in [2.75, 3.05) is 0 Å². The number of aromatic nitrogens is 4. The zero-order valence-electron chi connectivity index (χ0n) is 12.8. The first-order chi connectivity index (χ1) is 10.9. The van der Waals surface area contributed by atoms with E-state index in [1.807, 2.05) is 5.38 Å². The minimum Gasteiger partial charge on any atom is -0.300 e. The summed E-state index contributed by atoms with van der Waals surface area (Å²) in [4.78, 5) is 40.4. The Morgan fingerprint density at radius 1 is 1.13 bits per heavy atom. The van der Waals surface area contributed by atoms with Crippen molar-refractivity contribution < 1.29 is 0 Å². The predicted molar refractivity (Wildman–Crippen MR) is 91.3 cm³/mol. The van der Waals surface area contributed by atoms with E-state index >= 15 is 0 Å². The van der Waals surface area contributed by atoms with E-state index in [1.165, 1.54) is 45.3 Å². The Morgan fingerprint density at radius 2 is 1.87 bits per heavy atom. The van der Waals surface area contributed by atoms with Gasteiger partial charge in [-0.3, -0.25) is 23.3 Å². The maximum atomic E-state index is 12.3. The highest BCUT2D eigenvalue weighted by Gasteiger charge is 2.12. The van der Waals surface area contributed by atoms with E-state index in [9.17, 15) is 14.4 Å². The molecule has 120 valence electrons. The van der Waals surface area contributed by atoms with Crippen LogP contribution in [0.3, 0.4) is 0 Å². The molecular formula is C14H14N4O3S2. The molecule has 0 radical (unpaired) electrons. The minimum absolute atomic E-state index is 0.0923. The standard InChI is InChI=1S/C14H14N4O3S2/c1-16-8(6-10(19)17(2)14(16)21)7-23-13-15-9-4-5-22-11(9)12(20)18(13)3/h4-6H,7H2,1-3H3. The van der Waals surface area contributed by atoms with Crippen molar-refractivity contribution in [1.29, 1.82) is 0 Å². The molecule has 3 heterocycles. The topological polar surface area (TPSA) is 78.9 Å². The lowest BCUT2D eigenvalue weighted by Gasteiger charge is -2.10. The van der Waals surface area contributed by atoms with E-state index in [0.717, 1.165) is 4.57 Å². The predicted octanol–water partition coefficient (Wildman–Crippen LogP) is 0.685. The van der Waals surface area contributed by atoms with Gasteiger partial charge in [-0.25, -0.2) is 9.78 Å². The fraction of sp³-hybridized carbons (Fsp3) is 0.286. The van der Waals surface area contributed by atoms with Crippen LogP contribution >= 0.6 is 23.1 Å². The summed E-state index contributed by atoms with van der Waals surface area (Å²) in [5, 5.41) is 2.38. The third kappa shape index (κ3) is 2.66. The Bertz CT molecular complexity index is 1070. The molecule has 0 unspecified atom stereocenters. The van der Waals surface area contributed by atoms with Crippen LogP contribution in [0.5, 0.6) is 0 Å². The van der Waals surface area contributed by atoms with Gasteiger partial charge in [0, 0.05) is 38.7 Å². The van der Waals surface area contributed by atoms with Gasteiger partial charge < -0.3 is 0 Å². The lowest BCUT2D eigenvalue weighted by atomic mass is 10.4. The Balaban J connectivity index is 1.99. The third-order valence-corrected chi connectivity index (χ3v) is 5.58. The molecule has 0 amide bonds. The van der Waals surface area contributed by atoms with Gasteiger partial charge in [-0.1, -0.05) is 11.8 Å². The summed E-state index contributed by atoms with van der Waals surface area (Å²) in [7, 11) is 4.73. The molecule has 0 saturated carbocycles. The first-order valence-electron chi connectivity index (χ1n) is 6.73. The summed E-state index contributed by atoms with van der Waals surface area (Å²) in [6.07, 6.45) is 0. The lowest BCUT2D eigenvalue weighted by molar-refractivity contribution is 0.664. The zero-order chi connectivity index (χ0) is 16.7. The number of hydrogen-bond donors (Lipinski definition) is 0. The maximum absolute atomic E-state index is 12.3. The molecule has 3 rings (SSSR count). The highest BCUT2D eigenvalue weighted by molar-refractivity contribution is 7.98. The lowest BCUT2D eigenvalue weighted by Crippen LogP contribution is -2.37. The smallest absolute Gasteiger partial charge is 0.300 e. The summed E-state index contributed by atoms with van der Waals surface area (Å²) in [5.41, 5.74) is 0.439. The second kappa shape index (κ2) is 5.82. The second-order valence-electron chi connectivity index (χ2n) is 5.06. The second-order valence-corrected chi connectivity index (χ2v) is 6.92. The fourth-order valence-corrected chi connectivity index (χ4v) is 3.95. The molecule has 0 aliphatic heterocycles. The van der Waals surface area contributed by atoms with Crippen LogP contribution in [0.25, 0.3) is 10.2 Å². The average molecular weight is 350 g/mol. The summed E-state index contributed by atoms with van der Waals surface area (Å²) < 4.78 is 4.59. The van der Waals surface area contributed by atoms with Crippen LogP contribution < -0.4 is 16.8 Å². The zero-order valence-corrected chi connectivity index (χ0v) is 14.4. The fourth-order valence-electron chi connectivity index (χ4n) is 2.15. The Hall–Kier alpha value is -2.13. The summed E-state index contributed by atoms with van der Waals surface area (Å²) in [6, 6.07) is 3.23. The van der Waals surface area contributed by atoms with Crippen molar-refractivity contribution in [2.24, 2.45) is 21.1 Å². The molecule has 0 bridgehead atoms. The summed E-state index contributed by atoms with van der Waals surface area (Å²) in [5.74, 6) is 0.373. The van der Waals surface area contributed by atoms with E-state index in [-0.39, 0.29) is 16.8 Å². The molecule has 0 fully saturated rings. The Kier molecular flexibility index (Phi) is 3.99. The number of rotatable bonds is 3. The van der Waals surface area contributed by atoms with Gasteiger partial charge in [0.05, 0.1) is 5.52 Å². The SMILES string of the molecule is Cn1c(SCc2cc(=O)n(C)c(=O)n2C)nc2ccsc2c1=O. The first kappa shape index (κ1) is 15.8. The van der Waals surface area contributed by atoms with Crippen molar-refractivity contribution in [3.05, 3.63) is 54.4 Å². The number of thioether (sulfide) groups is 1. The molecular weight excluding hydrogens is 336 g/mol. The summed E-state index contributed by atoms with van der Waals surface area (Å²) in [6.45, 7) is 0. The minimum atomic E-state index is -0.372. The van der Waals surface area contributed by atoms with E-state index in [1.54, 1.807) is 20.2 Å². The molecule has 0 aromatic carbocycles. The molecule has 0 spiro atoms. The average Bonchev–Trinajstić information content (AvgIpc) is 3.00. The van der Waals surface area contributed by atoms with Crippen LogP contribution in [-0.2, 0) is 26.9 Å². The maximum Gasteiger partial charge on any atom is 0.330 e. The normalized spacial score (nSPS) is 11.3. The number of fused-ring (bicyclic) bond motifs is 1. The largest absolute Gasteiger partial charge is 0.330 e. The van der Waals surface area contributed by atoms with Crippen LogP contribution in [0.4, 0.5) is 0 Å². The van der Waals surface area contributed by atoms with Gasteiger partial charge in [-0.15, -0.1) is 11.3 Å². The van der Waals surface area contributed by atoms with Gasteiger partial charge in [-0.2, -0.15) is 0 Å². The molecule has 0 aliphatic rings. The van der Waals surface area contributed by atoms with E-state index in [0.29, 0.717) is 26.8 Å². The van der Waals surface area contributed by atoms with Crippen LogP contribution in [-0.4, -0.2) is 18.7 Å². The third-order valence-electron chi connectivity index (χ3n) is 3.62. The Morgan fingerprint density at radius 3 is 2.61 bits per heavy atom. The first-order valence-corrected chi connectivity index (χ1v) is 8.59. The molecule has 23 heavy (non-hydrogen) atoms. The number of hydrogen-bond acceptors (Lipinski definition) is 6. The van der Waals surface area contributed by atoms with Gasteiger partial charge in [0.15, 0.2) is 5.16 Å². The van der Waals surface area contributed by atoms with Crippen molar-refractivity contribution in [3.63, 3.8) is 0 Å². The molecule has 0 atom stereocenters. The highest BCUT2D eigenvalue weighted by atomic mass is 32.2. The molecule has 9 heteroatoms.